The molecule has 0 fully saturated rings. The minimum Gasteiger partial charge on any atom is -0.495 e. The molecule has 11 heteroatoms. The zero-order chi connectivity index (χ0) is 18.6. The van der Waals surface area contributed by atoms with E-state index in [1.165, 1.54) is 7.11 Å². The first kappa shape index (κ1) is 19.3. The van der Waals surface area contributed by atoms with Crippen molar-refractivity contribution >= 4 is 39.7 Å². The van der Waals surface area contributed by atoms with Crippen LogP contribution in [0.1, 0.15) is 17.0 Å². The molecule has 0 aliphatic rings. The molecular weight excluding hydrogens is 381 g/mol. The number of alkyl halides is 3. The van der Waals surface area contributed by atoms with E-state index in [9.17, 15) is 18.0 Å². The van der Waals surface area contributed by atoms with Crippen molar-refractivity contribution < 1.29 is 22.7 Å². The molecule has 1 aromatic heterocycles. The molecule has 136 valence electrons. The number of amides is 1. The Morgan fingerprint density at radius 2 is 2.08 bits per heavy atom. The summed E-state index contributed by atoms with van der Waals surface area (Å²) in [7, 11) is 1.45. The Bertz CT molecular complexity index is 767. The van der Waals surface area contributed by atoms with E-state index in [2.05, 4.69) is 20.8 Å². The summed E-state index contributed by atoms with van der Waals surface area (Å²) in [4.78, 5) is 12.0. The van der Waals surface area contributed by atoms with Crippen molar-refractivity contribution in [3.63, 3.8) is 0 Å². The molecule has 1 heterocycles. The molecule has 0 spiro atoms. The maximum absolute atomic E-state index is 12.4. The lowest BCUT2D eigenvalue weighted by atomic mass is 10.2. The normalized spacial score (nSPS) is 11.3. The van der Waals surface area contributed by atoms with Crippen molar-refractivity contribution in [3.8, 4) is 5.75 Å². The molecule has 2 N–H and O–H groups in total. The lowest BCUT2D eigenvalue weighted by Crippen LogP contribution is -2.16. The van der Waals surface area contributed by atoms with Gasteiger partial charge in [-0.3, -0.25) is 4.79 Å². The summed E-state index contributed by atoms with van der Waals surface area (Å²) in [6.07, 6.45) is -4.51. The van der Waals surface area contributed by atoms with Crippen LogP contribution in [0, 0.1) is 6.92 Å². The number of rotatable bonds is 6. The number of carbonyl (C=O) groups excluding carboxylic acids is 1. The Kier molecular flexibility index (Phi) is 6.07. The largest absolute Gasteiger partial charge is 0.495 e. The minimum atomic E-state index is -4.53. The lowest BCUT2D eigenvalue weighted by molar-refractivity contribution is -0.138. The highest BCUT2D eigenvalue weighted by Crippen LogP contribution is 2.33. The summed E-state index contributed by atoms with van der Waals surface area (Å²) < 4.78 is 42.4. The van der Waals surface area contributed by atoms with Crippen molar-refractivity contribution in [2.24, 2.45) is 0 Å². The second-order valence-corrected chi connectivity index (χ2v) is 6.32. The Morgan fingerprint density at radius 1 is 1.36 bits per heavy atom. The van der Waals surface area contributed by atoms with Crippen LogP contribution in [0.15, 0.2) is 12.1 Å². The van der Waals surface area contributed by atoms with E-state index in [1.54, 1.807) is 19.1 Å². The monoisotopic (exact) mass is 394 g/mol. The van der Waals surface area contributed by atoms with Gasteiger partial charge in [-0.25, -0.2) is 0 Å². The summed E-state index contributed by atoms with van der Waals surface area (Å²) in [5.74, 6) is 0.0731. The van der Waals surface area contributed by atoms with Gasteiger partial charge in [0.2, 0.25) is 16.0 Å². The van der Waals surface area contributed by atoms with Crippen LogP contribution in [0.2, 0.25) is 5.02 Å². The van der Waals surface area contributed by atoms with Crippen LogP contribution >= 0.6 is 22.9 Å². The number of hydrogen-bond acceptors (Lipinski definition) is 6. The number of aryl methyl sites for hydroxylation is 1. The van der Waals surface area contributed by atoms with Gasteiger partial charge in [0.1, 0.15) is 5.75 Å². The highest BCUT2D eigenvalue weighted by atomic mass is 35.5. The number of methoxy groups -OCH3 is 1. The Hall–Kier alpha value is -2.07. The summed E-state index contributed by atoms with van der Waals surface area (Å²) in [6.45, 7) is 1.89. The van der Waals surface area contributed by atoms with E-state index in [4.69, 9.17) is 16.3 Å². The van der Waals surface area contributed by atoms with Crippen LogP contribution < -0.4 is 15.4 Å². The van der Waals surface area contributed by atoms with Crippen molar-refractivity contribution in [3.05, 3.63) is 27.7 Å². The molecule has 2 rings (SSSR count). The summed E-state index contributed by atoms with van der Waals surface area (Å²) in [5.41, 5.74) is 1.23. The predicted octanol–water partition coefficient (Wildman–Crippen LogP) is 3.97. The minimum absolute atomic E-state index is 0.0000397. The Morgan fingerprint density at radius 3 is 2.68 bits per heavy atom. The van der Waals surface area contributed by atoms with Crippen LogP contribution in [0.5, 0.6) is 5.75 Å². The lowest BCUT2D eigenvalue weighted by Gasteiger charge is -2.12. The fourth-order valence-corrected chi connectivity index (χ4v) is 2.62. The van der Waals surface area contributed by atoms with E-state index in [0.29, 0.717) is 27.8 Å². The average Bonchev–Trinajstić information content (AvgIpc) is 2.99. The SMILES string of the molecule is COc1cc(Cl)c(C)cc1NC(=O)CCNc1nnc(C(F)(F)F)s1. The maximum Gasteiger partial charge on any atom is 0.445 e. The number of aromatic nitrogens is 2. The number of nitrogens with one attached hydrogen (secondary N) is 2. The second kappa shape index (κ2) is 7.87. The van der Waals surface area contributed by atoms with Gasteiger partial charge in [-0.15, -0.1) is 10.2 Å². The zero-order valence-corrected chi connectivity index (χ0v) is 14.8. The van der Waals surface area contributed by atoms with Gasteiger partial charge in [0.25, 0.3) is 0 Å². The Balaban J connectivity index is 1.89. The van der Waals surface area contributed by atoms with Crippen molar-refractivity contribution in [2.75, 3.05) is 24.3 Å². The van der Waals surface area contributed by atoms with E-state index in [-0.39, 0.29) is 24.0 Å². The molecule has 6 nitrogen and oxygen atoms in total. The third kappa shape index (κ3) is 5.20. The zero-order valence-electron chi connectivity index (χ0n) is 13.2. The quantitative estimate of drug-likeness (QED) is 0.775. The molecule has 0 saturated heterocycles. The molecule has 2 aromatic rings. The summed E-state index contributed by atoms with van der Waals surface area (Å²) in [6, 6.07) is 3.26. The van der Waals surface area contributed by atoms with E-state index in [0.717, 1.165) is 5.56 Å². The molecule has 0 aliphatic heterocycles. The fraction of sp³-hybridized carbons (Fsp3) is 0.357. The molecule has 0 unspecified atom stereocenters. The smallest absolute Gasteiger partial charge is 0.445 e. The Labute approximate surface area is 150 Å². The molecule has 0 saturated carbocycles. The van der Waals surface area contributed by atoms with Gasteiger partial charge >= 0.3 is 6.18 Å². The van der Waals surface area contributed by atoms with Crippen LogP contribution in [-0.2, 0) is 11.0 Å². The first-order chi connectivity index (χ1) is 11.7. The average molecular weight is 395 g/mol. The van der Waals surface area contributed by atoms with Gasteiger partial charge in [-0.05, 0) is 18.6 Å². The topological polar surface area (TPSA) is 76.1 Å². The number of halogens is 4. The summed E-state index contributed by atoms with van der Waals surface area (Å²) >= 11 is 6.37. The second-order valence-electron chi connectivity index (χ2n) is 4.94. The molecule has 0 aliphatic carbocycles. The number of anilines is 2. The van der Waals surface area contributed by atoms with Gasteiger partial charge in [-0.2, -0.15) is 13.2 Å². The number of nitrogens with zero attached hydrogens (tertiary/aromatic N) is 2. The third-order valence-corrected chi connectivity index (χ3v) is 4.38. The number of carbonyl (C=O) groups is 1. The van der Waals surface area contributed by atoms with Crippen LogP contribution in [-0.4, -0.2) is 29.8 Å². The van der Waals surface area contributed by atoms with Crippen LogP contribution in [0.3, 0.4) is 0 Å². The molecule has 0 radical (unpaired) electrons. The highest BCUT2D eigenvalue weighted by molar-refractivity contribution is 7.15. The van der Waals surface area contributed by atoms with Crippen LogP contribution in [0.25, 0.3) is 0 Å². The molecular formula is C14H14ClF3N4O2S. The van der Waals surface area contributed by atoms with Crippen molar-refractivity contribution in [1.82, 2.24) is 10.2 Å². The summed E-state index contributed by atoms with van der Waals surface area (Å²) in [5, 5.41) is 11.2. The van der Waals surface area contributed by atoms with E-state index >= 15 is 0 Å². The number of benzene rings is 1. The van der Waals surface area contributed by atoms with E-state index in [1.807, 2.05) is 0 Å². The van der Waals surface area contributed by atoms with Gasteiger partial charge in [-0.1, -0.05) is 22.9 Å². The van der Waals surface area contributed by atoms with Gasteiger partial charge < -0.3 is 15.4 Å². The highest BCUT2D eigenvalue weighted by Gasteiger charge is 2.35. The predicted molar refractivity (Wildman–Crippen MR) is 89.4 cm³/mol. The van der Waals surface area contributed by atoms with Crippen molar-refractivity contribution in [2.45, 2.75) is 19.5 Å². The van der Waals surface area contributed by atoms with Crippen LogP contribution in [0.4, 0.5) is 24.0 Å². The number of ether oxygens (including phenoxy) is 1. The number of hydrogen-bond donors (Lipinski definition) is 2. The first-order valence-electron chi connectivity index (χ1n) is 6.99. The molecule has 1 amide bonds. The standard InChI is InChI=1S/C14H14ClF3N4O2S/c1-7-5-9(10(24-2)6-8(7)15)20-11(23)3-4-19-13-22-21-12(25-13)14(16,17)18/h5-6H,3-4H2,1-2H3,(H,19,22)(H,20,23). The van der Waals surface area contributed by atoms with Gasteiger partial charge in [0.15, 0.2) is 0 Å². The first-order valence-corrected chi connectivity index (χ1v) is 8.18. The third-order valence-electron chi connectivity index (χ3n) is 3.05. The molecule has 1 aromatic carbocycles. The molecule has 25 heavy (non-hydrogen) atoms. The van der Waals surface area contributed by atoms with Gasteiger partial charge in [0, 0.05) is 24.1 Å². The van der Waals surface area contributed by atoms with E-state index < -0.39 is 11.2 Å². The maximum atomic E-state index is 12.4. The van der Waals surface area contributed by atoms with Crippen molar-refractivity contribution in [1.29, 1.82) is 0 Å². The fourth-order valence-electron chi connectivity index (χ4n) is 1.83. The molecule has 0 atom stereocenters. The molecule has 0 bridgehead atoms. The van der Waals surface area contributed by atoms with Gasteiger partial charge in [0.05, 0.1) is 12.8 Å².